The van der Waals surface area contributed by atoms with Crippen LogP contribution in [-0.2, 0) is 14.6 Å². The third-order valence-corrected chi connectivity index (χ3v) is 6.97. The number of halogens is 1. The summed E-state index contributed by atoms with van der Waals surface area (Å²) in [5, 5.41) is 12.7. The number of benzene rings is 1. The summed E-state index contributed by atoms with van der Waals surface area (Å²) in [6.07, 6.45) is 5.76. The van der Waals surface area contributed by atoms with E-state index >= 15 is 0 Å². The highest BCUT2D eigenvalue weighted by atomic mass is 79.9. The maximum absolute atomic E-state index is 12.3. The van der Waals surface area contributed by atoms with Crippen LogP contribution in [0.15, 0.2) is 53.4 Å². The lowest BCUT2D eigenvalue weighted by Gasteiger charge is -2.24. The molecule has 0 saturated carbocycles. The van der Waals surface area contributed by atoms with E-state index in [1.54, 1.807) is 32.2 Å². The molecular weight excluding hydrogens is 404 g/mol. The van der Waals surface area contributed by atoms with Crippen molar-refractivity contribution in [1.82, 2.24) is 4.98 Å². The highest BCUT2D eigenvalue weighted by Gasteiger charge is 2.33. The Labute approximate surface area is 155 Å². The Morgan fingerprint density at radius 2 is 1.92 bits per heavy atom. The Morgan fingerprint density at radius 3 is 2.56 bits per heavy atom. The SMILES string of the molecule is CC(C)(c1cc(-c2cc(Br)c[n+]([O-])c2)c2ncccc2c1)S(C)(=O)=O. The van der Waals surface area contributed by atoms with Crippen molar-refractivity contribution in [1.29, 1.82) is 0 Å². The molecule has 3 rings (SSSR count). The minimum Gasteiger partial charge on any atom is -0.619 e. The Kier molecular flexibility index (Phi) is 4.33. The van der Waals surface area contributed by atoms with Gasteiger partial charge >= 0.3 is 0 Å². The van der Waals surface area contributed by atoms with Gasteiger partial charge in [0.05, 0.1) is 20.3 Å². The molecule has 0 spiro atoms. The molecule has 5 nitrogen and oxygen atoms in total. The van der Waals surface area contributed by atoms with Crippen molar-refractivity contribution < 1.29 is 13.1 Å². The summed E-state index contributed by atoms with van der Waals surface area (Å²) in [7, 11) is -3.34. The van der Waals surface area contributed by atoms with E-state index in [1.807, 2.05) is 18.2 Å². The van der Waals surface area contributed by atoms with E-state index in [4.69, 9.17) is 0 Å². The second-order valence-corrected chi connectivity index (χ2v) is 9.96. The molecule has 1 aromatic carbocycles. The molecular formula is C18H17BrN2O3S. The lowest BCUT2D eigenvalue weighted by atomic mass is 9.94. The summed E-state index contributed by atoms with van der Waals surface area (Å²) in [5.41, 5.74) is 2.76. The van der Waals surface area contributed by atoms with Crippen molar-refractivity contribution in [2.75, 3.05) is 6.26 Å². The Hall–Kier alpha value is -1.99. The van der Waals surface area contributed by atoms with Gasteiger partial charge < -0.3 is 5.21 Å². The number of rotatable bonds is 3. The van der Waals surface area contributed by atoms with Gasteiger partial charge in [0.1, 0.15) is 0 Å². The van der Waals surface area contributed by atoms with Gasteiger partial charge in [0.25, 0.3) is 0 Å². The first-order chi connectivity index (χ1) is 11.6. The minimum atomic E-state index is -3.34. The summed E-state index contributed by atoms with van der Waals surface area (Å²) in [4.78, 5) is 4.43. The average molecular weight is 421 g/mol. The first-order valence-corrected chi connectivity index (χ1v) is 10.3. The normalized spacial score (nSPS) is 12.5. The van der Waals surface area contributed by atoms with Crippen molar-refractivity contribution in [3.63, 3.8) is 0 Å². The molecule has 0 aliphatic carbocycles. The number of sulfone groups is 1. The second kappa shape index (κ2) is 6.07. The summed E-state index contributed by atoms with van der Waals surface area (Å²) in [6, 6.07) is 9.15. The van der Waals surface area contributed by atoms with Gasteiger partial charge in [0.15, 0.2) is 22.2 Å². The molecule has 7 heteroatoms. The number of pyridine rings is 2. The molecule has 0 saturated heterocycles. The highest BCUT2D eigenvalue weighted by Crippen LogP contribution is 2.36. The molecule has 130 valence electrons. The Balaban J connectivity index is 2.38. The lowest BCUT2D eigenvalue weighted by molar-refractivity contribution is -0.605. The molecule has 25 heavy (non-hydrogen) atoms. The van der Waals surface area contributed by atoms with Crippen LogP contribution in [0.5, 0.6) is 0 Å². The van der Waals surface area contributed by atoms with E-state index < -0.39 is 14.6 Å². The topological polar surface area (TPSA) is 74.0 Å². The lowest BCUT2D eigenvalue weighted by Crippen LogP contribution is -2.28. The van der Waals surface area contributed by atoms with Gasteiger partial charge in [-0.05, 0) is 59.6 Å². The first kappa shape index (κ1) is 17.8. The fourth-order valence-electron chi connectivity index (χ4n) is 2.64. The van der Waals surface area contributed by atoms with Crippen LogP contribution in [0.1, 0.15) is 19.4 Å². The molecule has 0 fully saturated rings. The minimum absolute atomic E-state index is 0.636. The summed E-state index contributed by atoms with van der Waals surface area (Å²) in [5.74, 6) is 0. The van der Waals surface area contributed by atoms with Gasteiger partial charge in [0, 0.05) is 23.4 Å². The van der Waals surface area contributed by atoms with Crippen LogP contribution in [0.2, 0.25) is 0 Å². The van der Waals surface area contributed by atoms with E-state index in [0.29, 0.717) is 25.8 Å². The third-order valence-electron chi connectivity index (χ3n) is 4.45. The van der Waals surface area contributed by atoms with E-state index in [1.165, 1.54) is 18.6 Å². The maximum atomic E-state index is 12.3. The van der Waals surface area contributed by atoms with E-state index in [-0.39, 0.29) is 0 Å². The number of aromatic nitrogens is 2. The quantitative estimate of drug-likeness (QED) is 0.479. The predicted octanol–water partition coefficient (Wildman–Crippen LogP) is 3.58. The number of hydrogen-bond donors (Lipinski definition) is 0. The molecule has 0 amide bonds. The van der Waals surface area contributed by atoms with E-state index in [9.17, 15) is 13.6 Å². The van der Waals surface area contributed by atoms with Crippen molar-refractivity contribution in [2.24, 2.45) is 0 Å². The molecule has 3 aromatic rings. The zero-order valence-electron chi connectivity index (χ0n) is 14.0. The first-order valence-electron chi connectivity index (χ1n) is 7.58. The van der Waals surface area contributed by atoms with Gasteiger partial charge in [-0.25, -0.2) is 8.42 Å². The van der Waals surface area contributed by atoms with Crippen LogP contribution in [0.25, 0.3) is 22.0 Å². The maximum Gasteiger partial charge on any atom is 0.194 e. The standard InChI is InChI=1S/C18H17BrN2O3S/c1-18(2,25(3,23)24)14-7-12-5-4-6-20-17(12)16(9-14)13-8-15(19)11-21(22)10-13/h4-11H,1-3H3. The summed E-state index contributed by atoms with van der Waals surface area (Å²) < 4.78 is 24.8. The van der Waals surface area contributed by atoms with Crippen LogP contribution >= 0.6 is 15.9 Å². The molecule has 2 heterocycles. The molecule has 0 bridgehead atoms. The molecule has 0 N–H and O–H groups in total. The van der Waals surface area contributed by atoms with Gasteiger partial charge in [-0.3, -0.25) is 4.98 Å². The molecule has 0 radical (unpaired) electrons. The molecule has 2 aromatic heterocycles. The molecule has 0 aliphatic heterocycles. The monoisotopic (exact) mass is 420 g/mol. The van der Waals surface area contributed by atoms with Crippen molar-refractivity contribution >= 4 is 36.7 Å². The van der Waals surface area contributed by atoms with Crippen molar-refractivity contribution in [2.45, 2.75) is 18.6 Å². The third kappa shape index (κ3) is 3.26. The smallest absolute Gasteiger partial charge is 0.194 e. The summed E-state index contributed by atoms with van der Waals surface area (Å²) >= 11 is 3.33. The Morgan fingerprint density at radius 1 is 1.20 bits per heavy atom. The molecule has 0 atom stereocenters. The van der Waals surface area contributed by atoms with Gasteiger partial charge in [0.2, 0.25) is 0 Å². The van der Waals surface area contributed by atoms with E-state index in [2.05, 4.69) is 20.9 Å². The molecule has 0 aliphatic rings. The van der Waals surface area contributed by atoms with Crippen molar-refractivity contribution in [3.8, 4) is 11.1 Å². The number of nitrogens with zero attached hydrogens (tertiary/aromatic N) is 2. The fourth-order valence-corrected chi connectivity index (χ4v) is 3.63. The van der Waals surface area contributed by atoms with E-state index in [0.717, 1.165) is 10.9 Å². The average Bonchev–Trinajstić information content (AvgIpc) is 2.51. The fraction of sp³-hybridized carbons (Fsp3) is 0.222. The summed E-state index contributed by atoms with van der Waals surface area (Å²) in [6.45, 7) is 3.36. The van der Waals surface area contributed by atoms with Gasteiger partial charge in [-0.1, -0.05) is 6.07 Å². The van der Waals surface area contributed by atoms with Crippen LogP contribution < -0.4 is 4.73 Å². The number of fused-ring (bicyclic) bond motifs is 1. The van der Waals surface area contributed by atoms with Crippen LogP contribution in [0, 0.1) is 5.21 Å². The second-order valence-electron chi connectivity index (χ2n) is 6.48. The van der Waals surface area contributed by atoms with Crippen LogP contribution in [0.3, 0.4) is 0 Å². The largest absolute Gasteiger partial charge is 0.619 e. The zero-order valence-corrected chi connectivity index (χ0v) is 16.4. The van der Waals surface area contributed by atoms with Crippen LogP contribution in [-0.4, -0.2) is 19.7 Å². The number of hydrogen-bond acceptors (Lipinski definition) is 4. The van der Waals surface area contributed by atoms with Crippen molar-refractivity contribution in [3.05, 3.63) is 64.2 Å². The zero-order chi connectivity index (χ0) is 18.4. The van der Waals surface area contributed by atoms with Gasteiger partial charge in [-0.15, -0.1) is 0 Å². The van der Waals surface area contributed by atoms with Crippen LogP contribution in [0.4, 0.5) is 0 Å². The Bertz CT molecular complexity index is 1060. The predicted molar refractivity (Wildman–Crippen MR) is 102 cm³/mol. The molecule has 0 unspecified atom stereocenters. The highest BCUT2D eigenvalue weighted by molar-refractivity contribution is 9.10. The van der Waals surface area contributed by atoms with Gasteiger partial charge in [-0.2, -0.15) is 4.73 Å².